The van der Waals surface area contributed by atoms with Crippen LogP contribution in [0.5, 0.6) is 0 Å². The summed E-state index contributed by atoms with van der Waals surface area (Å²) in [5.74, 6) is 0.188. The zero-order valence-electron chi connectivity index (χ0n) is 15.5. The van der Waals surface area contributed by atoms with E-state index in [0.717, 1.165) is 23.4 Å². The Bertz CT molecular complexity index is 749. The van der Waals surface area contributed by atoms with Crippen LogP contribution in [0.4, 0.5) is 0 Å². The molecule has 2 aromatic heterocycles. The van der Waals surface area contributed by atoms with Gasteiger partial charge in [-0.2, -0.15) is 10.2 Å². The zero-order chi connectivity index (χ0) is 18.0. The van der Waals surface area contributed by atoms with Gasteiger partial charge in [-0.15, -0.1) is 0 Å². The monoisotopic (exact) mass is 345 g/mol. The van der Waals surface area contributed by atoms with Gasteiger partial charge in [-0.05, 0) is 38.3 Å². The molecule has 7 nitrogen and oxygen atoms in total. The number of aryl methyl sites for hydroxylation is 3. The second kappa shape index (κ2) is 7.39. The van der Waals surface area contributed by atoms with Crippen LogP contribution in [0.15, 0.2) is 12.4 Å². The molecule has 0 bridgehead atoms. The molecule has 3 rings (SSSR count). The van der Waals surface area contributed by atoms with Gasteiger partial charge in [0.2, 0.25) is 5.91 Å². The van der Waals surface area contributed by atoms with Gasteiger partial charge in [0.05, 0.1) is 31.1 Å². The number of ether oxygens (including phenoxy) is 1. The van der Waals surface area contributed by atoms with E-state index in [1.54, 1.807) is 0 Å². The molecule has 0 radical (unpaired) electrons. The minimum Gasteiger partial charge on any atom is -0.373 e. The third kappa shape index (κ3) is 4.10. The molecule has 0 aromatic carbocycles. The number of carbonyl (C=O) groups is 1. The van der Waals surface area contributed by atoms with Crippen LogP contribution < -0.4 is 0 Å². The Kier molecular flexibility index (Phi) is 5.22. The van der Waals surface area contributed by atoms with Crippen LogP contribution >= 0.6 is 0 Å². The first-order chi connectivity index (χ1) is 11.9. The summed E-state index contributed by atoms with van der Waals surface area (Å²) in [4.78, 5) is 14.5. The summed E-state index contributed by atoms with van der Waals surface area (Å²) in [6, 6.07) is 0. The summed E-state index contributed by atoms with van der Waals surface area (Å²) in [5, 5.41) is 8.73. The summed E-state index contributed by atoms with van der Waals surface area (Å²) >= 11 is 0. The molecule has 0 N–H and O–H groups in total. The molecule has 2 aromatic rings. The van der Waals surface area contributed by atoms with Crippen molar-refractivity contribution >= 4 is 5.91 Å². The normalized spacial score (nSPS) is 17.9. The first-order valence-corrected chi connectivity index (χ1v) is 8.81. The van der Waals surface area contributed by atoms with E-state index < -0.39 is 0 Å². The number of nitrogens with zero attached hydrogens (tertiary/aromatic N) is 5. The fourth-order valence-corrected chi connectivity index (χ4v) is 3.40. The van der Waals surface area contributed by atoms with Gasteiger partial charge in [-0.3, -0.25) is 14.2 Å². The van der Waals surface area contributed by atoms with Crippen LogP contribution in [-0.2, 0) is 29.5 Å². The summed E-state index contributed by atoms with van der Waals surface area (Å²) < 4.78 is 9.57. The molecule has 1 saturated heterocycles. The summed E-state index contributed by atoms with van der Waals surface area (Å²) in [5.41, 5.74) is 4.47. The first-order valence-electron chi connectivity index (χ1n) is 8.81. The molecule has 3 heterocycles. The highest BCUT2D eigenvalue weighted by Crippen LogP contribution is 2.16. The molecule has 1 unspecified atom stereocenters. The van der Waals surface area contributed by atoms with Crippen LogP contribution in [0, 0.1) is 20.8 Å². The minimum absolute atomic E-state index is 0.00105. The van der Waals surface area contributed by atoms with E-state index in [2.05, 4.69) is 17.1 Å². The van der Waals surface area contributed by atoms with Crippen LogP contribution in [-0.4, -0.2) is 56.2 Å². The highest BCUT2D eigenvalue weighted by atomic mass is 16.5. The molecule has 1 aliphatic rings. The van der Waals surface area contributed by atoms with E-state index in [1.165, 1.54) is 5.56 Å². The molecule has 1 amide bonds. The highest BCUT2D eigenvalue weighted by Gasteiger charge is 2.25. The molecule has 0 aliphatic carbocycles. The van der Waals surface area contributed by atoms with Gasteiger partial charge in [0.15, 0.2) is 0 Å². The number of rotatable bonds is 5. The third-order valence-electron chi connectivity index (χ3n) is 4.89. The fourth-order valence-electron chi connectivity index (χ4n) is 3.40. The van der Waals surface area contributed by atoms with E-state index in [1.807, 2.05) is 47.6 Å². The number of morpholine rings is 1. The van der Waals surface area contributed by atoms with Gasteiger partial charge in [-0.25, -0.2) is 0 Å². The number of carbonyl (C=O) groups excluding carboxylic acids is 1. The Labute approximate surface area is 148 Å². The molecule has 1 atom stereocenters. The van der Waals surface area contributed by atoms with E-state index in [9.17, 15) is 4.79 Å². The molecule has 0 saturated carbocycles. The van der Waals surface area contributed by atoms with Gasteiger partial charge < -0.3 is 9.64 Å². The second-order valence-electron chi connectivity index (χ2n) is 6.85. The molecule has 1 aliphatic heterocycles. The van der Waals surface area contributed by atoms with Gasteiger partial charge in [0.25, 0.3) is 0 Å². The molecule has 136 valence electrons. The summed E-state index contributed by atoms with van der Waals surface area (Å²) in [6.45, 7) is 8.63. The Morgan fingerprint density at radius 1 is 1.36 bits per heavy atom. The van der Waals surface area contributed by atoms with E-state index in [4.69, 9.17) is 4.74 Å². The average Bonchev–Trinajstić information content (AvgIpc) is 3.09. The Morgan fingerprint density at radius 2 is 2.16 bits per heavy atom. The zero-order valence-corrected chi connectivity index (χ0v) is 15.5. The summed E-state index contributed by atoms with van der Waals surface area (Å²) in [7, 11) is 1.94. The third-order valence-corrected chi connectivity index (χ3v) is 4.89. The smallest absolute Gasteiger partial charge is 0.223 e. The molecule has 25 heavy (non-hydrogen) atoms. The maximum Gasteiger partial charge on any atom is 0.223 e. The van der Waals surface area contributed by atoms with Crippen LogP contribution in [0.2, 0.25) is 0 Å². The molecular formula is C18H27N5O2. The van der Waals surface area contributed by atoms with Crippen molar-refractivity contribution in [3.63, 3.8) is 0 Å². The van der Waals surface area contributed by atoms with Crippen molar-refractivity contribution in [2.24, 2.45) is 7.05 Å². The predicted octanol–water partition coefficient (Wildman–Crippen LogP) is 1.40. The van der Waals surface area contributed by atoms with Crippen molar-refractivity contribution < 1.29 is 9.53 Å². The lowest BCUT2D eigenvalue weighted by atomic mass is 10.1. The number of aromatic nitrogens is 4. The summed E-state index contributed by atoms with van der Waals surface area (Å²) in [6.07, 6.45) is 5.09. The predicted molar refractivity (Wildman–Crippen MR) is 94.3 cm³/mol. The van der Waals surface area contributed by atoms with Crippen LogP contribution in [0.1, 0.15) is 28.9 Å². The van der Waals surface area contributed by atoms with Gasteiger partial charge in [-0.1, -0.05) is 0 Å². The van der Waals surface area contributed by atoms with E-state index >= 15 is 0 Å². The maximum atomic E-state index is 12.6. The number of hydrogen-bond donors (Lipinski definition) is 0. The van der Waals surface area contributed by atoms with Crippen molar-refractivity contribution in [3.8, 4) is 0 Å². The number of hydrogen-bond acceptors (Lipinski definition) is 4. The molecular weight excluding hydrogens is 318 g/mol. The van der Waals surface area contributed by atoms with Gasteiger partial charge in [0.1, 0.15) is 0 Å². The van der Waals surface area contributed by atoms with Crippen LogP contribution in [0.3, 0.4) is 0 Å². The Balaban J connectivity index is 1.54. The van der Waals surface area contributed by atoms with Crippen molar-refractivity contribution in [2.45, 2.75) is 46.3 Å². The van der Waals surface area contributed by atoms with Crippen molar-refractivity contribution in [3.05, 3.63) is 34.9 Å². The minimum atomic E-state index is -0.00105. The van der Waals surface area contributed by atoms with E-state index in [0.29, 0.717) is 32.7 Å². The first kappa shape index (κ1) is 17.7. The quantitative estimate of drug-likeness (QED) is 0.822. The molecule has 0 spiro atoms. The lowest BCUT2D eigenvalue weighted by molar-refractivity contribution is -0.139. The largest absolute Gasteiger partial charge is 0.373 e. The van der Waals surface area contributed by atoms with Crippen molar-refractivity contribution in [1.82, 2.24) is 24.5 Å². The van der Waals surface area contributed by atoms with Gasteiger partial charge in [0, 0.05) is 38.4 Å². The molecule has 1 fully saturated rings. The fraction of sp³-hybridized carbons (Fsp3) is 0.611. The standard InChI is InChI=1S/C18H27N5O2/c1-13-9-19-23(10-13)12-16-11-22(7-8-25-16)18(24)6-5-17-14(2)20-21(4)15(17)3/h9-10,16H,5-8,11-12H2,1-4H3. The maximum absolute atomic E-state index is 12.6. The lowest BCUT2D eigenvalue weighted by Crippen LogP contribution is -2.47. The van der Waals surface area contributed by atoms with Crippen LogP contribution in [0.25, 0.3) is 0 Å². The van der Waals surface area contributed by atoms with Crippen molar-refractivity contribution in [2.75, 3.05) is 19.7 Å². The topological polar surface area (TPSA) is 65.2 Å². The lowest BCUT2D eigenvalue weighted by Gasteiger charge is -2.33. The highest BCUT2D eigenvalue weighted by molar-refractivity contribution is 5.76. The Hall–Kier alpha value is -2.15. The SMILES string of the molecule is Cc1cnn(CC2CN(C(=O)CCc3c(C)nn(C)c3C)CCO2)c1. The van der Waals surface area contributed by atoms with Gasteiger partial charge >= 0.3 is 0 Å². The van der Waals surface area contributed by atoms with Crippen molar-refractivity contribution in [1.29, 1.82) is 0 Å². The van der Waals surface area contributed by atoms with E-state index in [-0.39, 0.29) is 12.0 Å². The second-order valence-corrected chi connectivity index (χ2v) is 6.85. The average molecular weight is 345 g/mol. The molecule has 7 heteroatoms. The number of amides is 1. The Morgan fingerprint density at radius 3 is 2.80 bits per heavy atom.